The van der Waals surface area contributed by atoms with Crippen molar-refractivity contribution < 1.29 is 14.7 Å². The summed E-state index contributed by atoms with van der Waals surface area (Å²) in [4.78, 5) is 23.0. The van der Waals surface area contributed by atoms with E-state index in [1.165, 1.54) is 0 Å². The van der Waals surface area contributed by atoms with Crippen molar-refractivity contribution in [3.63, 3.8) is 0 Å². The largest absolute Gasteiger partial charge is 0.481 e. The predicted octanol–water partition coefficient (Wildman–Crippen LogP) is 2.69. The van der Waals surface area contributed by atoms with Gasteiger partial charge in [0.25, 0.3) is 0 Å². The van der Waals surface area contributed by atoms with Crippen molar-refractivity contribution in [2.75, 3.05) is 0 Å². The lowest BCUT2D eigenvalue weighted by Crippen LogP contribution is -2.34. The van der Waals surface area contributed by atoms with Crippen molar-refractivity contribution in [2.45, 2.75) is 32.6 Å². The number of aliphatic carboxylic acids is 1. The molecular weight excluding hydrogens is 216 g/mol. The Hall–Kier alpha value is -1.64. The topological polar surface area (TPSA) is 54.4 Å². The highest BCUT2D eigenvalue weighted by Gasteiger charge is 2.38. The Balaban J connectivity index is 2.37. The van der Waals surface area contributed by atoms with Crippen LogP contribution in [0, 0.1) is 5.41 Å². The molecule has 2 rings (SSSR count). The molecule has 1 aromatic carbocycles. The van der Waals surface area contributed by atoms with Crippen molar-refractivity contribution in [3.05, 3.63) is 35.4 Å². The molecular formula is C14H16O3. The summed E-state index contributed by atoms with van der Waals surface area (Å²) in [5.41, 5.74) is 1.37. The maximum Gasteiger partial charge on any atom is 0.303 e. The standard InChI is InChI=1S/C14H16O3/c1-2-14(9-13(16)17)7-10-5-3-4-6-11(10)12(15)8-14/h3-6H,2,7-9H2,1H3,(H,16,17). The van der Waals surface area contributed by atoms with Crippen LogP contribution < -0.4 is 0 Å². The van der Waals surface area contributed by atoms with Gasteiger partial charge in [-0.15, -0.1) is 0 Å². The van der Waals surface area contributed by atoms with E-state index in [1.807, 2.05) is 31.2 Å². The van der Waals surface area contributed by atoms with Gasteiger partial charge in [0.1, 0.15) is 0 Å². The molecule has 0 saturated carbocycles. The highest BCUT2D eigenvalue weighted by molar-refractivity contribution is 5.99. The average molecular weight is 232 g/mol. The molecule has 0 saturated heterocycles. The van der Waals surface area contributed by atoms with Gasteiger partial charge in [0.2, 0.25) is 0 Å². The Morgan fingerprint density at radius 1 is 1.35 bits per heavy atom. The number of carboxylic acids is 1. The molecule has 0 radical (unpaired) electrons. The van der Waals surface area contributed by atoms with Crippen LogP contribution in [0.4, 0.5) is 0 Å². The minimum Gasteiger partial charge on any atom is -0.481 e. The van der Waals surface area contributed by atoms with Crippen molar-refractivity contribution in [3.8, 4) is 0 Å². The number of hydrogen-bond donors (Lipinski definition) is 1. The second kappa shape index (κ2) is 4.32. The zero-order chi connectivity index (χ0) is 12.5. The van der Waals surface area contributed by atoms with E-state index in [9.17, 15) is 9.59 Å². The molecule has 0 fully saturated rings. The van der Waals surface area contributed by atoms with Gasteiger partial charge in [0.15, 0.2) is 5.78 Å². The monoisotopic (exact) mass is 232 g/mol. The molecule has 1 aromatic rings. The van der Waals surface area contributed by atoms with Crippen LogP contribution in [-0.2, 0) is 11.2 Å². The fourth-order valence-electron chi connectivity index (χ4n) is 2.67. The number of Topliss-reactive ketones (excluding diaryl/α,β-unsaturated/α-hetero) is 1. The molecule has 3 nitrogen and oxygen atoms in total. The minimum atomic E-state index is -0.820. The Kier molecular flexibility index (Phi) is 3.01. The van der Waals surface area contributed by atoms with Crippen LogP contribution in [0.1, 0.15) is 42.1 Å². The first-order valence-electron chi connectivity index (χ1n) is 5.89. The molecule has 0 aliphatic heterocycles. The van der Waals surface area contributed by atoms with E-state index in [4.69, 9.17) is 5.11 Å². The van der Waals surface area contributed by atoms with Crippen molar-refractivity contribution >= 4 is 11.8 Å². The molecule has 1 unspecified atom stereocenters. The number of rotatable bonds is 3. The number of ketones is 1. The molecule has 0 bridgehead atoms. The summed E-state index contributed by atoms with van der Waals surface area (Å²) in [5, 5.41) is 8.98. The number of carboxylic acid groups (broad SMARTS) is 1. The number of carbonyl (C=O) groups excluding carboxylic acids is 1. The van der Waals surface area contributed by atoms with Gasteiger partial charge in [0, 0.05) is 12.0 Å². The molecule has 0 amide bonds. The van der Waals surface area contributed by atoms with Gasteiger partial charge in [0.05, 0.1) is 6.42 Å². The molecule has 1 aliphatic carbocycles. The maximum absolute atomic E-state index is 12.0. The number of fused-ring (bicyclic) bond motifs is 1. The fourth-order valence-corrected chi connectivity index (χ4v) is 2.67. The number of carbonyl (C=O) groups is 2. The van der Waals surface area contributed by atoms with E-state index in [0.29, 0.717) is 12.8 Å². The summed E-state index contributed by atoms with van der Waals surface area (Å²) in [6.45, 7) is 1.96. The summed E-state index contributed by atoms with van der Waals surface area (Å²) in [7, 11) is 0. The van der Waals surface area contributed by atoms with Gasteiger partial charge in [-0.05, 0) is 23.8 Å². The molecule has 1 atom stereocenters. The Morgan fingerprint density at radius 3 is 2.71 bits per heavy atom. The molecule has 90 valence electrons. The van der Waals surface area contributed by atoms with Crippen molar-refractivity contribution in [1.82, 2.24) is 0 Å². The molecule has 1 aliphatic rings. The van der Waals surface area contributed by atoms with Gasteiger partial charge in [-0.3, -0.25) is 9.59 Å². The summed E-state index contributed by atoms with van der Waals surface area (Å²) < 4.78 is 0. The third-order valence-corrected chi connectivity index (χ3v) is 3.70. The van der Waals surface area contributed by atoms with E-state index in [2.05, 4.69) is 0 Å². The Labute approximate surface area is 100 Å². The Morgan fingerprint density at radius 2 is 2.06 bits per heavy atom. The van der Waals surface area contributed by atoms with Gasteiger partial charge in [-0.1, -0.05) is 31.2 Å². The molecule has 0 aromatic heterocycles. The summed E-state index contributed by atoms with van der Waals surface area (Å²) in [6.07, 6.45) is 1.84. The van der Waals surface area contributed by atoms with Crippen LogP contribution in [0.5, 0.6) is 0 Å². The smallest absolute Gasteiger partial charge is 0.303 e. The first-order valence-corrected chi connectivity index (χ1v) is 5.89. The Bertz CT molecular complexity index is 464. The zero-order valence-electron chi connectivity index (χ0n) is 9.90. The highest BCUT2D eigenvalue weighted by atomic mass is 16.4. The molecule has 0 heterocycles. The lowest BCUT2D eigenvalue weighted by molar-refractivity contribution is -0.139. The highest BCUT2D eigenvalue weighted by Crippen LogP contribution is 2.40. The van der Waals surface area contributed by atoms with Crippen molar-refractivity contribution in [2.24, 2.45) is 5.41 Å². The van der Waals surface area contributed by atoms with E-state index >= 15 is 0 Å². The van der Waals surface area contributed by atoms with Crippen LogP contribution in [0.3, 0.4) is 0 Å². The average Bonchev–Trinajstić information content (AvgIpc) is 2.28. The van der Waals surface area contributed by atoms with Gasteiger partial charge in [-0.2, -0.15) is 0 Å². The van der Waals surface area contributed by atoms with Gasteiger partial charge >= 0.3 is 5.97 Å². The van der Waals surface area contributed by atoms with Crippen LogP contribution in [0.2, 0.25) is 0 Å². The van der Waals surface area contributed by atoms with Gasteiger partial charge in [-0.25, -0.2) is 0 Å². The van der Waals surface area contributed by atoms with Crippen molar-refractivity contribution in [1.29, 1.82) is 0 Å². The number of benzene rings is 1. The van der Waals surface area contributed by atoms with Crippen LogP contribution in [0.25, 0.3) is 0 Å². The molecule has 0 spiro atoms. The maximum atomic E-state index is 12.0. The zero-order valence-corrected chi connectivity index (χ0v) is 9.90. The summed E-state index contributed by atoms with van der Waals surface area (Å²) in [5.74, 6) is -0.742. The first kappa shape index (κ1) is 11.8. The third kappa shape index (κ3) is 2.23. The lowest BCUT2D eigenvalue weighted by atomic mass is 9.67. The second-order valence-electron chi connectivity index (χ2n) is 4.86. The van der Waals surface area contributed by atoms with E-state index in [1.54, 1.807) is 0 Å². The third-order valence-electron chi connectivity index (χ3n) is 3.70. The van der Waals surface area contributed by atoms with E-state index in [0.717, 1.165) is 17.5 Å². The van der Waals surface area contributed by atoms with Crippen LogP contribution in [-0.4, -0.2) is 16.9 Å². The summed E-state index contributed by atoms with van der Waals surface area (Å²) >= 11 is 0. The second-order valence-corrected chi connectivity index (χ2v) is 4.86. The van der Waals surface area contributed by atoms with Crippen LogP contribution >= 0.6 is 0 Å². The lowest BCUT2D eigenvalue weighted by Gasteiger charge is -2.35. The minimum absolute atomic E-state index is 0.0730. The normalized spacial score (nSPS) is 23.2. The fraction of sp³-hybridized carbons (Fsp3) is 0.429. The summed E-state index contributed by atoms with van der Waals surface area (Å²) in [6, 6.07) is 7.52. The molecule has 1 N–H and O–H groups in total. The first-order chi connectivity index (χ1) is 8.06. The van der Waals surface area contributed by atoms with Crippen LogP contribution in [0.15, 0.2) is 24.3 Å². The predicted molar refractivity (Wildman–Crippen MR) is 64.1 cm³/mol. The van der Waals surface area contributed by atoms with E-state index in [-0.39, 0.29) is 12.2 Å². The molecule has 3 heteroatoms. The SMILES string of the molecule is CCC1(CC(=O)O)CC(=O)c2ccccc2C1. The van der Waals surface area contributed by atoms with E-state index < -0.39 is 11.4 Å². The molecule has 17 heavy (non-hydrogen) atoms. The quantitative estimate of drug-likeness (QED) is 0.871. The van der Waals surface area contributed by atoms with Gasteiger partial charge < -0.3 is 5.11 Å². The number of hydrogen-bond acceptors (Lipinski definition) is 2.